The number of aromatic nitrogens is 1. The Bertz CT molecular complexity index is 727. The number of nitrogens with one attached hydrogen (secondary N) is 1. The Morgan fingerprint density at radius 3 is 2.70 bits per heavy atom. The van der Waals surface area contributed by atoms with Gasteiger partial charge in [-0.25, -0.2) is 0 Å². The zero-order valence-corrected chi connectivity index (χ0v) is 14.5. The Hall–Kier alpha value is -2.03. The second-order valence-corrected chi connectivity index (χ2v) is 6.87. The van der Waals surface area contributed by atoms with Crippen LogP contribution in [0.4, 0.5) is 0 Å². The Balaban J connectivity index is 1.85. The molecule has 3 nitrogen and oxygen atoms in total. The number of carbonyl (C=O) groups is 1. The summed E-state index contributed by atoms with van der Waals surface area (Å²) in [5.41, 5.74) is 5.66. The normalized spacial score (nSPS) is 17.2. The first-order chi connectivity index (χ1) is 11.0. The molecule has 1 atom stereocenters. The van der Waals surface area contributed by atoms with Crippen molar-refractivity contribution in [3.8, 4) is 0 Å². The van der Waals surface area contributed by atoms with Gasteiger partial charge in [0.1, 0.15) is 0 Å². The Morgan fingerprint density at radius 2 is 2.00 bits per heavy atom. The highest BCUT2D eigenvalue weighted by Crippen LogP contribution is 2.30. The van der Waals surface area contributed by atoms with Crippen LogP contribution in [0.25, 0.3) is 0 Å². The summed E-state index contributed by atoms with van der Waals surface area (Å²) in [5, 5.41) is 3.26. The first kappa shape index (κ1) is 15.9. The lowest BCUT2D eigenvalue weighted by molar-refractivity contribution is 0.0932. The monoisotopic (exact) mass is 310 g/mol. The minimum Gasteiger partial charge on any atom is -0.346 e. The molecule has 0 unspecified atom stereocenters. The van der Waals surface area contributed by atoms with E-state index < -0.39 is 0 Å². The molecule has 0 radical (unpaired) electrons. The third-order valence-corrected chi connectivity index (χ3v) is 4.92. The van der Waals surface area contributed by atoms with Gasteiger partial charge in [0.15, 0.2) is 0 Å². The van der Waals surface area contributed by atoms with Gasteiger partial charge in [-0.2, -0.15) is 0 Å². The molecule has 1 aromatic carbocycles. The zero-order chi connectivity index (χ0) is 16.6. The Morgan fingerprint density at radius 1 is 1.26 bits per heavy atom. The molecule has 0 saturated carbocycles. The highest BCUT2D eigenvalue weighted by Gasteiger charge is 2.24. The van der Waals surface area contributed by atoms with E-state index in [0.717, 1.165) is 36.2 Å². The molecule has 2 aromatic rings. The van der Waals surface area contributed by atoms with Crippen molar-refractivity contribution in [2.45, 2.75) is 59.0 Å². The maximum Gasteiger partial charge on any atom is 0.253 e. The van der Waals surface area contributed by atoms with E-state index in [2.05, 4.69) is 54.9 Å². The summed E-state index contributed by atoms with van der Waals surface area (Å²) in [5.74, 6) is 0.0479. The first-order valence-corrected chi connectivity index (χ1v) is 8.56. The lowest BCUT2D eigenvalue weighted by Crippen LogP contribution is -2.31. The molecule has 1 aliphatic rings. The molecule has 0 fully saturated rings. The van der Waals surface area contributed by atoms with Crippen molar-refractivity contribution in [3.63, 3.8) is 0 Å². The number of fused-ring (bicyclic) bond motifs is 1. The smallest absolute Gasteiger partial charge is 0.253 e. The van der Waals surface area contributed by atoms with Gasteiger partial charge in [0.25, 0.3) is 5.91 Å². The third kappa shape index (κ3) is 2.92. The van der Waals surface area contributed by atoms with Crippen molar-refractivity contribution in [2.24, 2.45) is 0 Å². The molecular weight excluding hydrogens is 284 g/mol. The fraction of sp³-hybridized carbons (Fsp3) is 0.450. The molecule has 23 heavy (non-hydrogen) atoms. The van der Waals surface area contributed by atoms with Gasteiger partial charge in [-0.15, -0.1) is 0 Å². The molecule has 1 aliphatic carbocycles. The van der Waals surface area contributed by atoms with Crippen molar-refractivity contribution in [1.82, 2.24) is 9.88 Å². The molecule has 1 amide bonds. The van der Waals surface area contributed by atoms with E-state index in [1.807, 2.05) is 13.0 Å². The summed E-state index contributed by atoms with van der Waals surface area (Å²) in [6.45, 7) is 8.41. The summed E-state index contributed by atoms with van der Waals surface area (Å²) in [4.78, 5) is 12.8. The van der Waals surface area contributed by atoms with E-state index in [4.69, 9.17) is 0 Å². The minimum atomic E-state index is 0.0479. The molecule has 1 N–H and O–H groups in total. The number of benzene rings is 1. The van der Waals surface area contributed by atoms with Crippen molar-refractivity contribution in [1.29, 1.82) is 0 Å². The minimum absolute atomic E-state index is 0.0479. The number of hydrogen-bond acceptors (Lipinski definition) is 1. The maximum atomic E-state index is 12.8. The van der Waals surface area contributed by atoms with Crippen LogP contribution >= 0.6 is 0 Å². The molecule has 3 rings (SSSR count). The number of rotatable bonds is 3. The van der Waals surface area contributed by atoms with Gasteiger partial charge in [0, 0.05) is 17.4 Å². The second-order valence-electron chi connectivity index (χ2n) is 6.87. The molecule has 1 heterocycles. The molecular formula is C20H26N2O. The van der Waals surface area contributed by atoms with Crippen LogP contribution in [-0.4, -0.2) is 10.5 Å². The van der Waals surface area contributed by atoms with Gasteiger partial charge in [0.2, 0.25) is 0 Å². The zero-order valence-electron chi connectivity index (χ0n) is 14.5. The SMILES string of the molecule is Cc1cc(C(=O)N[C@H]2CCCc3ccccc32)c(C)n1C(C)C. The van der Waals surface area contributed by atoms with Gasteiger partial charge in [-0.1, -0.05) is 24.3 Å². The Labute approximate surface area is 138 Å². The van der Waals surface area contributed by atoms with E-state index in [1.165, 1.54) is 11.1 Å². The van der Waals surface area contributed by atoms with E-state index in [-0.39, 0.29) is 11.9 Å². The average Bonchev–Trinajstić information content (AvgIpc) is 2.82. The van der Waals surface area contributed by atoms with Crippen LogP contribution in [0.1, 0.15) is 71.6 Å². The molecule has 0 aliphatic heterocycles. The summed E-state index contributed by atoms with van der Waals surface area (Å²) < 4.78 is 2.23. The standard InChI is InChI=1S/C20H26N2O/c1-13(2)22-14(3)12-18(15(22)4)20(23)21-19-11-7-9-16-8-5-6-10-17(16)19/h5-6,8,10,12-13,19H,7,9,11H2,1-4H3,(H,21,23)/t19-/m0/s1. The second kappa shape index (κ2) is 6.23. The van der Waals surface area contributed by atoms with Crippen LogP contribution in [0.5, 0.6) is 0 Å². The molecule has 122 valence electrons. The molecule has 0 spiro atoms. The lowest BCUT2D eigenvalue weighted by atomic mass is 9.87. The van der Waals surface area contributed by atoms with E-state index in [1.54, 1.807) is 0 Å². The van der Waals surface area contributed by atoms with Crippen molar-refractivity contribution in [3.05, 3.63) is 58.4 Å². The highest BCUT2D eigenvalue weighted by atomic mass is 16.1. The highest BCUT2D eigenvalue weighted by molar-refractivity contribution is 5.96. The number of aryl methyl sites for hydroxylation is 2. The molecule has 1 aromatic heterocycles. The van der Waals surface area contributed by atoms with Crippen molar-refractivity contribution >= 4 is 5.91 Å². The third-order valence-electron chi connectivity index (χ3n) is 4.92. The van der Waals surface area contributed by atoms with Gasteiger partial charge in [0.05, 0.1) is 11.6 Å². The van der Waals surface area contributed by atoms with Gasteiger partial charge >= 0.3 is 0 Å². The van der Waals surface area contributed by atoms with Crippen LogP contribution < -0.4 is 5.32 Å². The van der Waals surface area contributed by atoms with Gasteiger partial charge < -0.3 is 9.88 Å². The predicted octanol–water partition coefficient (Wildman–Crippen LogP) is 4.49. The number of hydrogen-bond donors (Lipinski definition) is 1. The summed E-state index contributed by atoms with van der Waals surface area (Å²) in [7, 11) is 0. The fourth-order valence-electron chi connectivity index (χ4n) is 3.94. The average molecular weight is 310 g/mol. The van der Waals surface area contributed by atoms with Crippen molar-refractivity contribution < 1.29 is 4.79 Å². The predicted molar refractivity (Wildman–Crippen MR) is 93.9 cm³/mol. The Kier molecular flexibility index (Phi) is 4.29. The maximum absolute atomic E-state index is 12.8. The summed E-state index contributed by atoms with van der Waals surface area (Å²) in [6.07, 6.45) is 3.27. The van der Waals surface area contributed by atoms with Crippen LogP contribution in [0.3, 0.4) is 0 Å². The lowest BCUT2D eigenvalue weighted by Gasteiger charge is -2.26. The number of carbonyl (C=O) groups excluding carboxylic acids is 1. The van der Waals surface area contributed by atoms with Crippen LogP contribution in [0.15, 0.2) is 30.3 Å². The van der Waals surface area contributed by atoms with Crippen LogP contribution in [0, 0.1) is 13.8 Å². The summed E-state index contributed by atoms with van der Waals surface area (Å²) >= 11 is 0. The van der Waals surface area contributed by atoms with Crippen LogP contribution in [0.2, 0.25) is 0 Å². The molecule has 0 saturated heterocycles. The van der Waals surface area contributed by atoms with Gasteiger partial charge in [-0.3, -0.25) is 4.79 Å². The topological polar surface area (TPSA) is 34.0 Å². The quantitative estimate of drug-likeness (QED) is 0.890. The molecule has 0 bridgehead atoms. The summed E-state index contributed by atoms with van der Waals surface area (Å²) in [6, 6.07) is 11.0. The molecule has 3 heteroatoms. The van der Waals surface area contributed by atoms with E-state index >= 15 is 0 Å². The largest absolute Gasteiger partial charge is 0.346 e. The van der Waals surface area contributed by atoms with Gasteiger partial charge in [-0.05, 0) is 64.2 Å². The number of amides is 1. The van der Waals surface area contributed by atoms with Crippen molar-refractivity contribution in [2.75, 3.05) is 0 Å². The van der Waals surface area contributed by atoms with Crippen LogP contribution in [-0.2, 0) is 6.42 Å². The fourth-order valence-corrected chi connectivity index (χ4v) is 3.94. The van der Waals surface area contributed by atoms with E-state index in [9.17, 15) is 4.79 Å². The first-order valence-electron chi connectivity index (χ1n) is 8.56. The number of nitrogens with zero attached hydrogens (tertiary/aromatic N) is 1. The van der Waals surface area contributed by atoms with E-state index in [0.29, 0.717) is 6.04 Å².